The van der Waals surface area contributed by atoms with Crippen molar-refractivity contribution >= 4 is 12.0 Å². The number of alkyl halides is 3. The molecule has 0 atom stereocenters. The van der Waals surface area contributed by atoms with Crippen molar-refractivity contribution in [2.24, 2.45) is 5.92 Å². The van der Waals surface area contributed by atoms with Crippen LogP contribution < -0.4 is 10.1 Å². The lowest BCUT2D eigenvalue weighted by atomic mass is 10.0. The van der Waals surface area contributed by atoms with Gasteiger partial charge in [-0.15, -0.1) is 0 Å². The molecule has 0 spiro atoms. The van der Waals surface area contributed by atoms with Crippen LogP contribution in [0.1, 0.15) is 37.8 Å². The van der Waals surface area contributed by atoms with Crippen LogP contribution >= 0.6 is 0 Å². The van der Waals surface area contributed by atoms with E-state index in [9.17, 15) is 26.7 Å². The predicted molar refractivity (Wildman–Crippen MR) is 135 cm³/mol. The van der Waals surface area contributed by atoms with Gasteiger partial charge in [0.15, 0.2) is 11.6 Å². The zero-order chi connectivity index (χ0) is 29.2. The largest absolute Gasteiger partial charge is 0.493 e. The molecule has 1 aliphatic rings. The molecule has 12 heteroatoms. The number of rotatable bonds is 8. The van der Waals surface area contributed by atoms with Crippen LogP contribution in [0.4, 0.5) is 26.7 Å². The van der Waals surface area contributed by atoms with Crippen molar-refractivity contribution in [3.8, 4) is 5.75 Å². The fraction of sp³-hybridized carbons (Fsp3) is 0.481. The molecule has 0 bridgehead atoms. The van der Waals surface area contributed by atoms with Crippen LogP contribution in [0.15, 0.2) is 42.5 Å². The molecule has 216 valence electrons. The Balaban J connectivity index is 0.000000673. The minimum atomic E-state index is -5.08. The minimum Gasteiger partial charge on any atom is -0.493 e. The number of ether oxygens (including phenoxy) is 1. The smallest absolute Gasteiger partial charge is 0.490 e. The van der Waals surface area contributed by atoms with Crippen LogP contribution in [0.3, 0.4) is 0 Å². The number of carbonyl (C=O) groups is 2. The third-order valence-corrected chi connectivity index (χ3v) is 5.95. The number of aliphatic carboxylic acids is 1. The van der Waals surface area contributed by atoms with Crippen molar-refractivity contribution in [1.82, 2.24) is 15.1 Å². The summed E-state index contributed by atoms with van der Waals surface area (Å²) in [5, 5.41) is 10.1. The number of hydrogen-bond donors (Lipinski definition) is 2. The zero-order valence-corrected chi connectivity index (χ0v) is 22.1. The second-order valence-electron chi connectivity index (χ2n) is 9.69. The van der Waals surface area contributed by atoms with Crippen molar-refractivity contribution in [2.75, 3.05) is 26.7 Å². The van der Waals surface area contributed by atoms with E-state index in [-0.39, 0.29) is 24.2 Å². The first kappa shape index (κ1) is 31.8. The topological polar surface area (TPSA) is 82.1 Å². The number of amides is 2. The Morgan fingerprint density at radius 1 is 1.10 bits per heavy atom. The Labute approximate surface area is 224 Å². The van der Waals surface area contributed by atoms with E-state index in [1.54, 1.807) is 4.90 Å². The lowest BCUT2D eigenvalue weighted by molar-refractivity contribution is -0.192. The quantitative estimate of drug-likeness (QED) is 0.421. The average molecular weight is 560 g/mol. The number of halogens is 5. The molecule has 2 aromatic rings. The van der Waals surface area contributed by atoms with Crippen LogP contribution in [0.2, 0.25) is 0 Å². The maximum absolute atomic E-state index is 14.3. The van der Waals surface area contributed by atoms with Gasteiger partial charge in [0.1, 0.15) is 5.75 Å². The second-order valence-corrected chi connectivity index (χ2v) is 9.69. The predicted octanol–water partition coefficient (Wildman–Crippen LogP) is 5.44. The van der Waals surface area contributed by atoms with E-state index < -0.39 is 23.8 Å². The molecular formula is C27H34F5N3O4. The number of nitrogens with one attached hydrogen (secondary N) is 1. The van der Waals surface area contributed by atoms with Crippen LogP contribution in [0.25, 0.3) is 0 Å². The second kappa shape index (κ2) is 14.7. The maximum atomic E-state index is 14.3. The molecule has 1 heterocycles. The Morgan fingerprint density at radius 3 is 2.23 bits per heavy atom. The first-order valence-electron chi connectivity index (χ1n) is 12.5. The third kappa shape index (κ3) is 10.7. The molecule has 1 aliphatic heterocycles. The van der Waals surface area contributed by atoms with E-state index in [1.165, 1.54) is 12.1 Å². The van der Waals surface area contributed by atoms with E-state index in [0.29, 0.717) is 19.1 Å². The molecule has 2 amide bonds. The molecule has 0 aromatic heterocycles. The average Bonchev–Trinajstić information content (AvgIpc) is 2.88. The van der Waals surface area contributed by atoms with Crippen molar-refractivity contribution in [3.63, 3.8) is 0 Å². The number of carboxylic acids is 1. The van der Waals surface area contributed by atoms with Gasteiger partial charge in [-0.05, 0) is 62.7 Å². The number of piperidine rings is 1. The summed E-state index contributed by atoms with van der Waals surface area (Å²) in [5.41, 5.74) is 1.13. The molecule has 3 rings (SSSR count). The number of carboxylic acid groups (broad SMARTS) is 1. The van der Waals surface area contributed by atoms with Crippen molar-refractivity contribution in [1.29, 1.82) is 0 Å². The van der Waals surface area contributed by atoms with E-state index in [2.05, 4.69) is 24.1 Å². The molecule has 0 aliphatic carbocycles. The van der Waals surface area contributed by atoms with Crippen LogP contribution in [0, 0.1) is 17.6 Å². The maximum Gasteiger partial charge on any atom is 0.490 e. The molecule has 0 unspecified atom stereocenters. The highest BCUT2D eigenvalue weighted by Gasteiger charge is 2.38. The molecule has 1 fully saturated rings. The van der Waals surface area contributed by atoms with E-state index in [0.717, 1.165) is 43.3 Å². The Hall–Kier alpha value is -3.41. The SMILES string of the molecule is CC(C)COc1ccc(CNC(=O)N(Cc2cccc(F)c2F)C2CCN(C)CC2)cc1.O=C(O)C(F)(F)F. The lowest BCUT2D eigenvalue weighted by Crippen LogP contribution is -2.49. The molecule has 2 aromatic carbocycles. The van der Waals surface area contributed by atoms with Gasteiger partial charge in [0.05, 0.1) is 13.2 Å². The van der Waals surface area contributed by atoms with E-state index >= 15 is 0 Å². The highest BCUT2D eigenvalue weighted by Crippen LogP contribution is 2.21. The van der Waals surface area contributed by atoms with Crippen LogP contribution in [0.5, 0.6) is 5.75 Å². The minimum absolute atomic E-state index is 0.0272. The Bertz CT molecular complexity index is 1070. The molecule has 7 nitrogen and oxygen atoms in total. The molecule has 0 radical (unpaired) electrons. The standard InChI is InChI=1S/C25H33F2N3O2.C2HF3O2/c1-18(2)17-32-22-9-7-19(8-10-22)15-28-25(31)30(21-11-13-29(3)14-12-21)16-20-5-4-6-23(26)24(20)27;3-2(4,5)1(6)7/h4-10,18,21H,11-17H2,1-3H3,(H,28,31);(H,6,7). The number of carbonyl (C=O) groups excluding carboxylic acids is 1. The number of benzene rings is 2. The van der Waals surface area contributed by atoms with Gasteiger partial charge in [0.2, 0.25) is 0 Å². The molecule has 1 saturated heterocycles. The highest BCUT2D eigenvalue weighted by molar-refractivity contribution is 5.74. The van der Waals surface area contributed by atoms with Crippen LogP contribution in [-0.4, -0.2) is 65.9 Å². The lowest BCUT2D eigenvalue weighted by Gasteiger charge is -2.37. The van der Waals surface area contributed by atoms with E-state index in [4.69, 9.17) is 14.6 Å². The summed E-state index contributed by atoms with van der Waals surface area (Å²) in [6, 6.07) is 11.4. The van der Waals surface area contributed by atoms with Crippen LogP contribution in [-0.2, 0) is 17.9 Å². The first-order valence-corrected chi connectivity index (χ1v) is 12.5. The fourth-order valence-electron chi connectivity index (χ4n) is 3.77. The molecular weight excluding hydrogens is 525 g/mol. The summed E-state index contributed by atoms with van der Waals surface area (Å²) < 4.78 is 65.4. The normalized spacial score (nSPS) is 14.4. The van der Waals surface area contributed by atoms with Gasteiger partial charge < -0.3 is 25.0 Å². The van der Waals surface area contributed by atoms with Gasteiger partial charge in [-0.25, -0.2) is 18.4 Å². The van der Waals surface area contributed by atoms with E-state index in [1.807, 2.05) is 31.3 Å². The number of likely N-dealkylation sites (tertiary alicyclic amines) is 1. The van der Waals surface area contributed by atoms with Gasteiger partial charge >= 0.3 is 18.2 Å². The monoisotopic (exact) mass is 559 g/mol. The third-order valence-electron chi connectivity index (χ3n) is 5.95. The highest BCUT2D eigenvalue weighted by atomic mass is 19.4. The summed E-state index contributed by atoms with van der Waals surface area (Å²) >= 11 is 0. The molecule has 0 saturated carbocycles. The number of hydrogen-bond acceptors (Lipinski definition) is 4. The summed E-state index contributed by atoms with van der Waals surface area (Å²) in [7, 11) is 2.04. The zero-order valence-electron chi connectivity index (χ0n) is 22.1. The van der Waals surface area contributed by atoms with Gasteiger partial charge in [-0.1, -0.05) is 38.1 Å². The van der Waals surface area contributed by atoms with Crippen molar-refractivity contribution in [3.05, 3.63) is 65.2 Å². The van der Waals surface area contributed by atoms with Gasteiger partial charge in [-0.2, -0.15) is 13.2 Å². The van der Waals surface area contributed by atoms with Crippen molar-refractivity contribution in [2.45, 2.75) is 52.0 Å². The summed E-state index contributed by atoms with van der Waals surface area (Å²) in [5.74, 6) is -3.31. The Morgan fingerprint density at radius 2 is 1.69 bits per heavy atom. The molecule has 2 N–H and O–H groups in total. The summed E-state index contributed by atoms with van der Waals surface area (Å²) in [6.45, 7) is 6.93. The van der Waals surface area contributed by atoms with Gasteiger partial charge in [0, 0.05) is 18.2 Å². The summed E-state index contributed by atoms with van der Waals surface area (Å²) in [4.78, 5) is 25.8. The van der Waals surface area contributed by atoms with Gasteiger partial charge in [0.25, 0.3) is 0 Å². The molecule has 39 heavy (non-hydrogen) atoms. The number of urea groups is 1. The Kier molecular flexibility index (Phi) is 12.0. The summed E-state index contributed by atoms with van der Waals surface area (Å²) in [6.07, 6.45) is -3.49. The number of nitrogens with zero attached hydrogens (tertiary/aromatic N) is 2. The van der Waals surface area contributed by atoms with Gasteiger partial charge in [-0.3, -0.25) is 0 Å². The fourth-order valence-corrected chi connectivity index (χ4v) is 3.77. The first-order chi connectivity index (χ1) is 18.3. The van der Waals surface area contributed by atoms with Crippen molar-refractivity contribution < 1.29 is 41.4 Å².